The van der Waals surface area contributed by atoms with Crippen LogP contribution in [0.3, 0.4) is 0 Å². The van der Waals surface area contributed by atoms with Crippen LogP contribution in [0, 0.1) is 0 Å². The monoisotopic (exact) mass is 168 g/mol. The standard InChI is InChI=1S/C8H16N4/c1-8(2,3)7-10-6(5-9-4)11-12-7/h9H,5H2,1-4H3,(H,10,11,12). The lowest BCUT2D eigenvalue weighted by Crippen LogP contribution is -2.13. The zero-order valence-corrected chi connectivity index (χ0v) is 8.10. The van der Waals surface area contributed by atoms with E-state index in [-0.39, 0.29) is 5.41 Å². The summed E-state index contributed by atoms with van der Waals surface area (Å²) < 4.78 is 0. The minimum absolute atomic E-state index is 0.0302. The van der Waals surface area contributed by atoms with Gasteiger partial charge in [-0.2, -0.15) is 5.10 Å². The van der Waals surface area contributed by atoms with Crippen molar-refractivity contribution in [2.75, 3.05) is 7.05 Å². The number of nitrogens with zero attached hydrogens (tertiary/aromatic N) is 2. The molecule has 0 bridgehead atoms. The number of rotatable bonds is 2. The van der Waals surface area contributed by atoms with E-state index in [9.17, 15) is 0 Å². The van der Waals surface area contributed by atoms with Crippen molar-refractivity contribution >= 4 is 0 Å². The van der Waals surface area contributed by atoms with Crippen LogP contribution in [-0.4, -0.2) is 22.2 Å². The molecule has 2 N–H and O–H groups in total. The molecular weight excluding hydrogens is 152 g/mol. The largest absolute Gasteiger partial charge is 0.313 e. The maximum Gasteiger partial charge on any atom is 0.156 e. The van der Waals surface area contributed by atoms with Crippen LogP contribution < -0.4 is 5.32 Å². The Morgan fingerprint density at radius 1 is 1.42 bits per heavy atom. The van der Waals surface area contributed by atoms with Gasteiger partial charge in [-0.15, -0.1) is 0 Å². The summed E-state index contributed by atoms with van der Waals surface area (Å²) in [6.45, 7) is 7.03. The first-order valence-electron chi connectivity index (χ1n) is 4.10. The highest BCUT2D eigenvalue weighted by molar-refractivity contribution is 5.01. The van der Waals surface area contributed by atoms with E-state index in [1.54, 1.807) is 0 Å². The molecule has 0 aliphatic heterocycles. The Balaban J connectivity index is 2.77. The van der Waals surface area contributed by atoms with Gasteiger partial charge < -0.3 is 5.32 Å². The van der Waals surface area contributed by atoms with E-state index >= 15 is 0 Å². The average molecular weight is 168 g/mol. The van der Waals surface area contributed by atoms with Crippen LogP contribution in [-0.2, 0) is 12.0 Å². The van der Waals surface area contributed by atoms with E-state index in [4.69, 9.17) is 0 Å². The summed E-state index contributed by atoms with van der Waals surface area (Å²) in [6.07, 6.45) is 0. The molecule has 0 fully saturated rings. The second-order valence-electron chi connectivity index (χ2n) is 3.89. The summed E-state index contributed by atoms with van der Waals surface area (Å²) in [5.74, 6) is 1.76. The first-order valence-corrected chi connectivity index (χ1v) is 4.10. The van der Waals surface area contributed by atoms with Crippen molar-refractivity contribution in [1.82, 2.24) is 20.5 Å². The smallest absolute Gasteiger partial charge is 0.156 e. The van der Waals surface area contributed by atoms with Crippen LogP contribution in [0.2, 0.25) is 0 Å². The topological polar surface area (TPSA) is 53.6 Å². The van der Waals surface area contributed by atoms with E-state index in [0.29, 0.717) is 0 Å². The lowest BCUT2D eigenvalue weighted by molar-refractivity contribution is 0.547. The Hall–Kier alpha value is -0.900. The first kappa shape index (κ1) is 9.19. The number of aromatic nitrogens is 3. The predicted molar refractivity (Wildman–Crippen MR) is 47.8 cm³/mol. The molecule has 1 rings (SSSR count). The fraction of sp³-hybridized carbons (Fsp3) is 0.750. The molecule has 1 heterocycles. The molecule has 0 saturated heterocycles. The van der Waals surface area contributed by atoms with E-state index in [1.165, 1.54) is 0 Å². The lowest BCUT2D eigenvalue weighted by atomic mass is 9.96. The minimum atomic E-state index is 0.0302. The van der Waals surface area contributed by atoms with Crippen molar-refractivity contribution in [3.05, 3.63) is 11.6 Å². The number of hydrogen-bond acceptors (Lipinski definition) is 3. The summed E-state index contributed by atoms with van der Waals surface area (Å²) in [7, 11) is 1.89. The Morgan fingerprint density at radius 3 is 2.50 bits per heavy atom. The van der Waals surface area contributed by atoms with Crippen LogP contribution in [0.5, 0.6) is 0 Å². The second-order valence-corrected chi connectivity index (χ2v) is 3.89. The zero-order chi connectivity index (χ0) is 9.19. The van der Waals surface area contributed by atoms with Gasteiger partial charge in [-0.05, 0) is 7.05 Å². The van der Waals surface area contributed by atoms with Crippen LogP contribution in [0.25, 0.3) is 0 Å². The van der Waals surface area contributed by atoms with Gasteiger partial charge in [0.05, 0.1) is 6.54 Å². The number of hydrogen-bond donors (Lipinski definition) is 2. The maximum absolute atomic E-state index is 4.34. The molecule has 12 heavy (non-hydrogen) atoms. The molecule has 1 aromatic rings. The Morgan fingerprint density at radius 2 is 2.08 bits per heavy atom. The van der Waals surface area contributed by atoms with Crippen molar-refractivity contribution in [3.63, 3.8) is 0 Å². The molecule has 0 unspecified atom stereocenters. The van der Waals surface area contributed by atoms with Gasteiger partial charge in [0.15, 0.2) is 5.82 Å². The predicted octanol–water partition coefficient (Wildman–Crippen LogP) is 0.822. The molecule has 1 aromatic heterocycles. The summed E-state index contributed by atoms with van der Waals surface area (Å²) in [5.41, 5.74) is 0.0302. The highest BCUT2D eigenvalue weighted by Gasteiger charge is 2.18. The second kappa shape index (κ2) is 3.23. The molecule has 0 saturated carbocycles. The van der Waals surface area contributed by atoms with Crippen LogP contribution in [0.15, 0.2) is 0 Å². The maximum atomic E-state index is 4.34. The molecular formula is C8H16N4. The molecule has 0 radical (unpaired) electrons. The highest BCUT2D eigenvalue weighted by Crippen LogP contribution is 2.16. The van der Waals surface area contributed by atoms with Gasteiger partial charge in [0, 0.05) is 5.41 Å². The first-order chi connectivity index (χ1) is 5.54. The molecule has 0 aliphatic rings. The number of nitrogens with one attached hydrogen (secondary N) is 2. The van der Waals surface area contributed by atoms with Crippen LogP contribution in [0.4, 0.5) is 0 Å². The van der Waals surface area contributed by atoms with E-state index in [2.05, 4.69) is 41.3 Å². The van der Waals surface area contributed by atoms with Gasteiger partial charge >= 0.3 is 0 Å². The fourth-order valence-corrected chi connectivity index (χ4v) is 0.877. The van der Waals surface area contributed by atoms with Crippen molar-refractivity contribution in [3.8, 4) is 0 Å². The summed E-state index contributed by atoms with van der Waals surface area (Å²) in [6, 6.07) is 0. The van der Waals surface area contributed by atoms with Crippen molar-refractivity contribution < 1.29 is 0 Å². The third-order valence-corrected chi connectivity index (χ3v) is 1.55. The molecule has 4 nitrogen and oxygen atoms in total. The number of H-pyrrole nitrogens is 1. The zero-order valence-electron chi connectivity index (χ0n) is 8.10. The third-order valence-electron chi connectivity index (χ3n) is 1.55. The average Bonchev–Trinajstić information content (AvgIpc) is 2.35. The molecule has 0 aliphatic carbocycles. The Kier molecular flexibility index (Phi) is 2.47. The summed E-state index contributed by atoms with van der Waals surface area (Å²) in [5, 5.41) is 10.0. The van der Waals surface area contributed by atoms with E-state index in [0.717, 1.165) is 18.2 Å². The molecule has 4 heteroatoms. The molecule has 0 amide bonds. The van der Waals surface area contributed by atoms with Crippen LogP contribution >= 0.6 is 0 Å². The summed E-state index contributed by atoms with van der Waals surface area (Å²) >= 11 is 0. The highest BCUT2D eigenvalue weighted by atomic mass is 15.2. The van der Waals surface area contributed by atoms with Crippen molar-refractivity contribution in [1.29, 1.82) is 0 Å². The summed E-state index contributed by atoms with van der Waals surface area (Å²) in [4.78, 5) is 4.34. The molecule has 0 spiro atoms. The van der Waals surface area contributed by atoms with Gasteiger partial charge in [0.1, 0.15) is 5.82 Å². The third kappa shape index (κ3) is 2.04. The van der Waals surface area contributed by atoms with Gasteiger partial charge in [-0.25, -0.2) is 4.98 Å². The van der Waals surface area contributed by atoms with Gasteiger partial charge in [0.2, 0.25) is 0 Å². The molecule has 68 valence electrons. The Labute approximate surface area is 72.8 Å². The van der Waals surface area contributed by atoms with Crippen molar-refractivity contribution in [2.24, 2.45) is 0 Å². The van der Waals surface area contributed by atoms with E-state index in [1.807, 2.05) is 7.05 Å². The quantitative estimate of drug-likeness (QED) is 0.687. The molecule has 0 atom stereocenters. The van der Waals surface area contributed by atoms with Gasteiger partial charge in [0.25, 0.3) is 0 Å². The Bertz CT molecular complexity index is 246. The van der Waals surface area contributed by atoms with E-state index < -0.39 is 0 Å². The van der Waals surface area contributed by atoms with Crippen LogP contribution in [0.1, 0.15) is 32.4 Å². The van der Waals surface area contributed by atoms with Gasteiger partial charge in [-0.3, -0.25) is 5.10 Å². The van der Waals surface area contributed by atoms with Gasteiger partial charge in [-0.1, -0.05) is 20.8 Å². The lowest BCUT2D eigenvalue weighted by Gasteiger charge is -2.11. The molecule has 0 aromatic carbocycles. The SMILES string of the molecule is CNCc1nc(C(C)(C)C)n[nH]1. The number of aromatic amines is 1. The normalized spacial score (nSPS) is 12.0. The van der Waals surface area contributed by atoms with Crippen molar-refractivity contribution in [2.45, 2.75) is 32.7 Å². The fourth-order valence-electron chi connectivity index (χ4n) is 0.877. The minimum Gasteiger partial charge on any atom is -0.313 e.